The van der Waals surface area contributed by atoms with E-state index >= 15 is 0 Å². The molecule has 2 heteroatoms. The SMILES string of the molecule is CCC1(C)CN(c2cccc(C(C)C)c2)C(C(C)C)CN1. The molecule has 0 aliphatic carbocycles. The summed E-state index contributed by atoms with van der Waals surface area (Å²) in [6.45, 7) is 16.0. The number of rotatable bonds is 4. The molecule has 21 heavy (non-hydrogen) atoms. The van der Waals surface area contributed by atoms with Crippen LogP contribution in [0.1, 0.15) is 59.4 Å². The summed E-state index contributed by atoms with van der Waals surface area (Å²) in [6, 6.07) is 9.71. The Bertz CT molecular complexity index is 466. The first-order chi connectivity index (χ1) is 9.86. The molecule has 118 valence electrons. The van der Waals surface area contributed by atoms with Crippen molar-refractivity contribution in [2.75, 3.05) is 18.0 Å². The van der Waals surface area contributed by atoms with Crippen molar-refractivity contribution >= 4 is 5.69 Å². The molecule has 1 aliphatic heterocycles. The van der Waals surface area contributed by atoms with Crippen LogP contribution in [0.25, 0.3) is 0 Å². The molecular weight excluding hydrogens is 256 g/mol. The number of benzene rings is 1. The zero-order valence-electron chi connectivity index (χ0n) is 14.6. The minimum absolute atomic E-state index is 0.221. The normalized spacial score (nSPS) is 26.7. The molecule has 0 amide bonds. The summed E-state index contributed by atoms with van der Waals surface area (Å²) >= 11 is 0. The Morgan fingerprint density at radius 1 is 1.29 bits per heavy atom. The van der Waals surface area contributed by atoms with Crippen LogP contribution in [0.5, 0.6) is 0 Å². The molecule has 2 nitrogen and oxygen atoms in total. The Labute approximate surface area is 130 Å². The molecular formula is C19H32N2. The van der Waals surface area contributed by atoms with Crippen LogP contribution in [0, 0.1) is 5.92 Å². The van der Waals surface area contributed by atoms with E-state index in [0.717, 1.165) is 19.5 Å². The van der Waals surface area contributed by atoms with Gasteiger partial charge in [-0.25, -0.2) is 0 Å². The summed E-state index contributed by atoms with van der Waals surface area (Å²) in [7, 11) is 0. The van der Waals surface area contributed by atoms with Crippen LogP contribution >= 0.6 is 0 Å². The Kier molecular flexibility index (Phi) is 4.98. The molecule has 1 saturated heterocycles. The third kappa shape index (κ3) is 3.60. The van der Waals surface area contributed by atoms with Gasteiger partial charge in [0, 0.05) is 30.4 Å². The van der Waals surface area contributed by atoms with Gasteiger partial charge in [-0.15, -0.1) is 0 Å². The first-order valence-corrected chi connectivity index (χ1v) is 8.48. The van der Waals surface area contributed by atoms with Crippen LogP contribution < -0.4 is 10.2 Å². The molecule has 1 heterocycles. The first-order valence-electron chi connectivity index (χ1n) is 8.48. The lowest BCUT2D eigenvalue weighted by atomic mass is 9.89. The van der Waals surface area contributed by atoms with Crippen LogP contribution in [-0.2, 0) is 0 Å². The highest BCUT2D eigenvalue weighted by Crippen LogP contribution is 2.30. The van der Waals surface area contributed by atoms with Crippen molar-refractivity contribution in [2.45, 2.75) is 65.5 Å². The van der Waals surface area contributed by atoms with Crippen molar-refractivity contribution in [1.82, 2.24) is 5.32 Å². The van der Waals surface area contributed by atoms with Crippen molar-refractivity contribution in [3.05, 3.63) is 29.8 Å². The lowest BCUT2D eigenvalue weighted by Crippen LogP contribution is -2.64. The highest BCUT2D eigenvalue weighted by atomic mass is 15.3. The van der Waals surface area contributed by atoms with Crippen molar-refractivity contribution in [1.29, 1.82) is 0 Å². The number of piperazine rings is 1. The molecule has 1 aromatic rings. The van der Waals surface area contributed by atoms with E-state index in [-0.39, 0.29) is 5.54 Å². The molecule has 1 aromatic carbocycles. The second kappa shape index (κ2) is 6.39. The van der Waals surface area contributed by atoms with Gasteiger partial charge in [0.1, 0.15) is 0 Å². The molecule has 2 atom stereocenters. The molecule has 1 aliphatic rings. The molecule has 1 N–H and O–H groups in total. The lowest BCUT2D eigenvalue weighted by Gasteiger charge is -2.49. The smallest absolute Gasteiger partial charge is 0.0438 e. The van der Waals surface area contributed by atoms with Crippen molar-refractivity contribution in [3.63, 3.8) is 0 Å². The van der Waals surface area contributed by atoms with Crippen LogP contribution in [0.3, 0.4) is 0 Å². The van der Waals surface area contributed by atoms with Crippen molar-refractivity contribution in [3.8, 4) is 0 Å². The van der Waals surface area contributed by atoms with E-state index in [0.29, 0.717) is 17.9 Å². The lowest BCUT2D eigenvalue weighted by molar-refractivity contribution is 0.253. The molecule has 0 radical (unpaired) electrons. The maximum atomic E-state index is 3.77. The van der Waals surface area contributed by atoms with Gasteiger partial charge in [0.2, 0.25) is 0 Å². The monoisotopic (exact) mass is 288 g/mol. The third-order valence-electron chi connectivity index (χ3n) is 5.08. The maximum Gasteiger partial charge on any atom is 0.0438 e. The average molecular weight is 288 g/mol. The van der Waals surface area contributed by atoms with Gasteiger partial charge in [-0.3, -0.25) is 0 Å². The van der Waals surface area contributed by atoms with Gasteiger partial charge >= 0.3 is 0 Å². The summed E-state index contributed by atoms with van der Waals surface area (Å²) < 4.78 is 0. The fourth-order valence-electron chi connectivity index (χ4n) is 3.19. The zero-order valence-corrected chi connectivity index (χ0v) is 14.6. The fraction of sp³-hybridized carbons (Fsp3) is 0.684. The quantitative estimate of drug-likeness (QED) is 0.882. The Hall–Kier alpha value is -1.02. The molecule has 0 bridgehead atoms. The highest BCUT2D eigenvalue weighted by Gasteiger charge is 2.35. The van der Waals surface area contributed by atoms with Gasteiger partial charge in [-0.2, -0.15) is 0 Å². The van der Waals surface area contributed by atoms with Gasteiger partial charge in [0.25, 0.3) is 0 Å². The minimum Gasteiger partial charge on any atom is -0.365 e. The van der Waals surface area contributed by atoms with E-state index < -0.39 is 0 Å². The number of nitrogens with zero attached hydrogens (tertiary/aromatic N) is 1. The number of nitrogens with one attached hydrogen (secondary N) is 1. The third-order valence-corrected chi connectivity index (χ3v) is 5.08. The summed E-state index contributed by atoms with van der Waals surface area (Å²) in [5.74, 6) is 1.24. The van der Waals surface area contributed by atoms with Gasteiger partial charge < -0.3 is 10.2 Å². The number of hydrogen-bond acceptors (Lipinski definition) is 2. The van der Waals surface area contributed by atoms with E-state index in [2.05, 4.69) is 76.0 Å². The van der Waals surface area contributed by atoms with E-state index in [4.69, 9.17) is 0 Å². The minimum atomic E-state index is 0.221. The second-order valence-corrected chi connectivity index (χ2v) is 7.48. The van der Waals surface area contributed by atoms with Gasteiger partial charge in [0.05, 0.1) is 0 Å². The number of hydrogen-bond donors (Lipinski definition) is 1. The van der Waals surface area contributed by atoms with Crippen LogP contribution in [0.4, 0.5) is 5.69 Å². The van der Waals surface area contributed by atoms with Gasteiger partial charge in [0.15, 0.2) is 0 Å². The molecule has 2 rings (SSSR count). The van der Waals surface area contributed by atoms with Crippen LogP contribution in [-0.4, -0.2) is 24.7 Å². The van der Waals surface area contributed by atoms with Crippen molar-refractivity contribution in [2.24, 2.45) is 5.92 Å². The molecule has 0 saturated carbocycles. The van der Waals surface area contributed by atoms with Crippen molar-refractivity contribution < 1.29 is 0 Å². The summed E-state index contributed by atoms with van der Waals surface area (Å²) in [5.41, 5.74) is 3.05. The molecule has 2 unspecified atom stereocenters. The molecule has 1 fully saturated rings. The Balaban J connectivity index is 2.33. The summed E-state index contributed by atoms with van der Waals surface area (Å²) in [4.78, 5) is 2.64. The summed E-state index contributed by atoms with van der Waals surface area (Å²) in [6.07, 6.45) is 1.16. The Morgan fingerprint density at radius 3 is 2.57 bits per heavy atom. The van der Waals surface area contributed by atoms with E-state index in [1.54, 1.807) is 0 Å². The molecule has 0 aromatic heterocycles. The van der Waals surface area contributed by atoms with Gasteiger partial charge in [-0.05, 0) is 42.9 Å². The summed E-state index contributed by atoms with van der Waals surface area (Å²) in [5, 5.41) is 3.77. The predicted octanol–water partition coefficient (Wildman–Crippen LogP) is 4.41. The van der Waals surface area contributed by atoms with E-state index in [1.807, 2.05) is 0 Å². The van der Waals surface area contributed by atoms with Crippen LogP contribution in [0.15, 0.2) is 24.3 Å². The standard InChI is InChI=1S/C19H32N2/c1-7-19(6)13-21(18(12-20-19)15(4)5)17-10-8-9-16(11-17)14(2)3/h8-11,14-15,18,20H,7,12-13H2,1-6H3. The predicted molar refractivity (Wildman–Crippen MR) is 93.2 cm³/mol. The largest absolute Gasteiger partial charge is 0.365 e. The topological polar surface area (TPSA) is 15.3 Å². The highest BCUT2D eigenvalue weighted by molar-refractivity contribution is 5.51. The van der Waals surface area contributed by atoms with E-state index in [9.17, 15) is 0 Å². The average Bonchev–Trinajstić information content (AvgIpc) is 2.47. The molecule has 0 spiro atoms. The first kappa shape index (κ1) is 16.4. The Morgan fingerprint density at radius 2 is 2.00 bits per heavy atom. The zero-order chi connectivity index (χ0) is 15.6. The van der Waals surface area contributed by atoms with E-state index in [1.165, 1.54) is 11.3 Å². The van der Waals surface area contributed by atoms with Gasteiger partial charge in [-0.1, -0.05) is 46.8 Å². The van der Waals surface area contributed by atoms with Crippen LogP contribution in [0.2, 0.25) is 0 Å². The number of anilines is 1. The fourth-order valence-corrected chi connectivity index (χ4v) is 3.19. The maximum absolute atomic E-state index is 3.77. The second-order valence-electron chi connectivity index (χ2n) is 7.48.